The van der Waals surface area contributed by atoms with Crippen LogP contribution in [0.1, 0.15) is 51.6 Å². The minimum atomic E-state index is -4.69. The Morgan fingerprint density at radius 2 is 1.92 bits per heavy atom. The van der Waals surface area contributed by atoms with Gasteiger partial charge in [0.05, 0.1) is 6.04 Å². The molecule has 1 aliphatic carbocycles. The Kier molecular flexibility index (Phi) is 8.41. The summed E-state index contributed by atoms with van der Waals surface area (Å²) in [7, 11) is 0. The van der Waals surface area contributed by atoms with Crippen LogP contribution in [0.4, 0.5) is 22.0 Å². The molecule has 0 radical (unpaired) electrons. The van der Waals surface area contributed by atoms with E-state index in [0.29, 0.717) is 11.1 Å². The van der Waals surface area contributed by atoms with Crippen molar-refractivity contribution in [1.82, 2.24) is 10.3 Å². The summed E-state index contributed by atoms with van der Waals surface area (Å²) >= 11 is 0. The van der Waals surface area contributed by atoms with E-state index in [1.807, 2.05) is 18.2 Å². The zero-order chi connectivity index (χ0) is 27.3. The van der Waals surface area contributed by atoms with E-state index in [2.05, 4.69) is 15.0 Å². The van der Waals surface area contributed by atoms with Gasteiger partial charge in [-0.3, -0.25) is 4.79 Å². The maximum atomic E-state index is 13.4. The second-order valence-electron chi connectivity index (χ2n) is 8.93. The van der Waals surface area contributed by atoms with Gasteiger partial charge in [0.25, 0.3) is 5.91 Å². The molecule has 5 nitrogen and oxygen atoms in total. The van der Waals surface area contributed by atoms with E-state index in [1.165, 1.54) is 18.2 Å². The van der Waals surface area contributed by atoms with Crippen molar-refractivity contribution in [3.8, 4) is 5.75 Å². The van der Waals surface area contributed by atoms with Gasteiger partial charge in [0.1, 0.15) is 11.9 Å². The van der Waals surface area contributed by atoms with Crippen molar-refractivity contribution in [2.45, 2.75) is 50.4 Å². The number of aliphatic hydroxyl groups excluding tert-OH is 1. The molecule has 1 aromatic heterocycles. The van der Waals surface area contributed by atoms with Crippen molar-refractivity contribution in [3.05, 3.63) is 101 Å². The number of aliphatic hydroxyl groups is 1. The Labute approximate surface area is 216 Å². The van der Waals surface area contributed by atoms with Crippen LogP contribution in [-0.2, 0) is 12.8 Å². The SMILES string of the molecule is O=C(NC(Cc1cccc(OC(F)(F)C(F)F)c1)C(O)c1ccc(F)nc1)c1cccc2c1C=CCCC2. The lowest BCUT2D eigenvalue weighted by Crippen LogP contribution is -2.41. The highest BCUT2D eigenvalue weighted by Crippen LogP contribution is 2.29. The molecular formula is C28H25F5N2O3. The molecule has 0 saturated heterocycles. The Balaban J connectivity index is 1.63. The number of carbonyl (C=O) groups excluding carboxylic acids is 1. The highest BCUT2D eigenvalue weighted by Gasteiger charge is 2.44. The smallest absolute Gasteiger partial charge is 0.428 e. The largest absolute Gasteiger partial charge is 0.461 e. The van der Waals surface area contributed by atoms with Crippen molar-refractivity contribution in [3.63, 3.8) is 0 Å². The second-order valence-corrected chi connectivity index (χ2v) is 8.93. The van der Waals surface area contributed by atoms with Gasteiger partial charge in [-0.25, -0.2) is 4.98 Å². The Morgan fingerprint density at radius 3 is 2.66 bits per heavy atom. The lowest BCUT2D eigenvalue weighted by Gasteiger charge is -2.25. The van der Waals surface area contributed by atoms with Crippen molar-refractivity contribution in [1.29, 1.82) is 0 Å². The van der Waals surface area contributed by atoms with Crippen LogP contribution in [0.3, 0.4) is 0 Å². The van der Waals surface area contributed by atoms with Crippen LogP contribution in [0, 0.1) is 5.95 Å². The Bertz CT molecular complexity index is 1300. The van der Waals surface area contributed by atoms with E-state index in [4.69, 9.17) is 0 Å². The first-order chi connectivity index (χ1) is 18.1. The van der Waals surface area contributed by atoms with E-state index in [0.717, 1.165) is 54.8 Å². The fraction of sp³-hybridized carbons (Fsp3) is 0.286. The fourth-order valence-electron chi connectivity index (χ4n) is 4.31. The van der Waals surface area contributed by atoms with Crippen LogP contribution in [-0.4, -0.2) is 34.6 Å². The van der Waals surface area contributed by atoms with Crippen molar-refractivity contribution < 1.29 is 36.6 Å². The number of alkyl halides is 4. The van der Waals surface area contributed by atoms with E-state index < -0.39 is 42.3 Å². The summed E-state index contributed by atoms with van der Waals surface area (Å²) in [5.74, 6) is -1.75. The van der Waals surface area contributed by atoms with Crippen LogP contribution < -0.4 is 10.1 Å². The average molecular weight is 533 g/mol. The van der Waals surface area contributed by atoms with E-state index >= 15 is 0 Å². The molecule has 0 fully saturated rings. The molecular weight excluding hydrogens is 507 g/mol. The number of aryl methyl sites for hydroxylation is 1. The molecule has 1 amide bonds. The van der Waals surface area contributed by atoms with Gasteiger partial charge >= 0.3 is 12.5 Å². The highest BCUT2D eigenvalue weighted by molar-refractivity contribution is 5.98. The van der Waals surface area contributed by atoms with Crippen molar-refractivity contribution in [2.75, 3.05) is 0 Å². The molecule has 200 valence electrons. The van der Waals surface area contributed by atoms with Gasteiger partial charge in [0.2, 0.25) is 5.95 Å². The summed E-state index contributed by atoms with van der Waals surface area (Å²) in [6.45, 7) is 0. The first-order valence-electron chi connectivity index (χ1n) is 12.0. The van der Waals surface area contributed by atoms with Gasteiger partial charge in [-0.1, -0.05) is 42.5 Å². The molecule has 2 aromatic carbocycles. The number of aromatic nitrogens is 1. The number of amides is 1. The number of ether oxygens (including phenoxy) is 1. The van der Waals surface area contributed by atoms with Crippen LogP contribution in [0.15, 0.2) is 66.9 Å². The van der Waals surface area contributed by atoms with Crippen molar-refractivity contribution >= 4 is 12.0 Å². The molecule has 0 spiro atoms. The zero-order valence-electron chi connectivity index (χ0n) is 20.1. The lowest BCUT2D eigenvalue weighted by molar-refractivity contribution is -0.253. The van der Waals surface area contributed by atoms with Gasteiger partial charge in [-0.05, 0) is 66.6 Å². The summed E-state index contributed by atoms with van der Waals surface area (Å²) in [6, 6.07) is 11.8. The molecule has 0 bridgehead atoms. The number of allylic oxidation sites excluding steroid dienone is 1. The number of nitrogens with zero attached hydrogens (tertiary/aromatic N) is 1. The summed E-state index contributed by atoms with van der Waals surface area (Å²) in [6.07, 6.45) is -2.56. The predicted molar refractivity (Wildman–Crippen MR) is 131 cm³/mol. The molecule has 0 saturated carbocycles. The number of hydrogen-bond acceptors (Lipinski definition) is 4. The first kappa shape index (κ1) is 27.3. The standard InChI is InChI=1S/C28H25F5N2O3/c29-24-13-12-19(16-34-24)25(36)23(15-17-6-4-9-20(14-17)38-28(32,33)27(30)31)35-26(37)22-11-5-8-18-7-2-1-3-10-21(18)22/h3-6,8-14,16,23,25,27,36H,1-2,7,15H2,(H,35,37). The van der Waals surface area contributed by atoms with E-state index in [-0.39, 0.29) is 12.0 Å². The van der Waals surface area contributed by atoms with Crippen LogP contribution >= 0.6 is 0 Å². The van der Waals surface area contributed by atoms with Gasteiger partial charge < -0.3 is 15.2 Å². The summed E-state index contributed by atoms with van der Waals surface area (Å²) in [4.78, 5) is 17.0. The molecule has 38 heavy (non-hydrogen) atoms. The number of hydrogen-bond donors (Lipinski definition) is 2. The molecule has 2 unspecified atom stereocenters. The lowest BCUT2D eigenvalue weighted by atomic mass is 9.95. The molecule has 3 aromatic rings. The number of benzene rings is 2. The van der Waals surface area contributed by atoms with Crippen LogP contribution in [0.25, 0.3) is 6.08 Å². The van der Waals surface area contributed by atoms with Gasteiger partial charge in [0, 0.05) is 17.3 Å². The number of rotatable bonds is 9. The molecule has 1 heterocycles. The van der Waals surface area contributed by atoms with E-state index in [1.54, 1.807) is 12.1 Å². The number of halogens is 5. The highest BCUT2D eigenvalue weighted by atomic mass is 19.3. The molecule has 10 heteroatoms. The number of carbonyl (C=O) groups is 1. The number of nitrogens with one attached hydrogen (secondary N) is 1. The maximum Gasteiger partial charge on any atom is 0.461 e. The van der Waals surface area contributed by atoms with Crippen LogP contribution in [0.5, 0.6) is 5.75 Å². The maximum absolute atomic E-state index is 13.4. The summed E-state index contributed by atoms with van der Waals surface area (Å²) in [5.41, 5.74) is 2.70. The van der Waals surface area contributed by atoms with E-state index in [9.17, 15) is 31.9 Å². The normalized spacial score (nSPS) is 14.9. The Morgan fingerprint density at radius 1 is 1.13 bits per heavy atom. The zero-order valence-corrected chi connectivity index (χ0v) is 20.1. The van der Waals surface area contributed by atoms with Crippen molar-refractivity contribution in [2.24, 2.45) is 0 Å². The third-order valence-corrected chi connectivity index (χ3v) is 6.19. The van der Waals surface area contributed by atoms with Crippen LogP contribution in [0.2, 0.25) is 0 Å². The van der Waals surface area contributed by atoms with Gasteiger partial charge in [-0.2, -0.15) is 22.0 Å². The number of pyridine rings is 1. The fourth-order valence-corrected chi connectivity index (χ4v) is 4.31. The predicted octanol–water partition coefficient (Wildman–Crippen LogP) is 5.88. The molecule has 1 aliphatic rings. The summed E-state index contributed by atoms with van der Waals surface area (Å²) < 4.78 is 69.6. The monoisotopic (exact) mass is 532 g/mol. The van der Waals surface area contributed by atoms with Gasteiger partial charge in [0.15, 0.2) is 0 Å². The third kappa shape index (κ3) is 6.55. The average Bonchev–Trinajstić information content (AvgIpc) is 3.14. The summed E-state index contributed by atoms with van der Waals surface area (Å²) in [5, 5.41) is 13.9. The quantitative estimate of drug-likeness (QED) is 0.267. The Hall–Kier alpha value is -3.79. The minimum absolute atomic E-state index is 0.0907. The second kappa shape index (κ2) is 11.7. The third-order valence-electron chi connectivity index (χ3n) is 6.19. The van der Waals surface area contributed by atoms with Gasteiger partial charge in [-0.15, -0.1) is 0 Å². The molecule has 2 N–H and O–H groups in total. The number of fused-ring (bicyclic) bond motifs is 1. The molecule has 2 atom stereocenters. The molecule has 0 aliphatic heterocycles. The minimum Gasteiger partial charge on any atom is -0.428 e. The first-order valence-corrected chi connectivity index (χ1v) is 12.0. The topological polar surface area (TPSA) is 71.5 Å². The molecule has 4 rings (SSSR count).